The molecule has 1 saturated carbocycles. The highest BCUT2D eigenvalue weighted by atomic mass is 32.2. The third-order valence-electron chi connectivity index (χ3n) is 4.07. The fourth-order valence-electron chi connectivity index (χ4n) is 2.94. The standard InChI is InChI=1S/C14H24N4OS/c1-9-14(10(2)17-16-9)15-13(19)8-18(3)11-6-5-7-12(11)20-4/h11-12H,5-8H2,1-4H3,(H,15,19)(H,16,17)/t11-,12-/m0/s1. The monoisotopic (exact) mass is 296 g/mol. The predicted molar refractivity (Wildman–Crippen MR) is 84.3 cm³/mol. The molecular weight excluding hydrogens is 272 g/mol. The van der Waals surface area contributed by atoms with Gasteiger partial charge in [-0.3, -0.25) is 14.8 Å². The van der Waals surface area contributed by atoms with Crippen molar-refractivity contribution >= 4 is 23.4 Å². The van der Waals surface area contributed by atoms with E-state index in [2.05, 4.69) is 26.7 Å². The van der Waals surface area contributed by atoms with E-state index < -0.39 is 0 Å². The number of aryl methyl sites for hydroxylation is 2. The number of thioether (sulfide) groups is 1. The summed E-state index contributed by atoms with van der Waals surface area (Å²) in [4.78, 5) is 14.4. The molecule has 2 N–H and O–H groups in total. The second kappa shape index (κ2) is 6.63. The first-order chi connectivity index (χ1) is 9.52. The van der Waals surface area contributed by atoms with Gasteiger partial charge in [0.15, 0.2) is 0 Å². The summed E-state index contributed by atoms with van der Waals surface area (Å²) in [7, 11) is 2.05. The van der Waals surface area contributed by atoms with Gasteiger partial charge in [0.1, 0.15) is 0 Å². The van der Waals surface area contributed by atoms with Gasteiger partial charge in [-0.15, -0.1) is 0 Å². The molecule has 1 heterocycles. The second-order valence-corrected chi connectivity index (χ2v) is 6.62. The Morgan fingerprint density at radius 2 is 2.25 bits per heavy atom. The van der Waals surface area contributed by atoms with Crippen molar-refractivity contribution < 1.29 is 4.79 Å². The second-order valence-electron chi connectivity index (χ2n) is 5.54. The number of carbonyl (C=O) groups excluding carboxylic acids is 1. The molecule has 0 radical (unpaired) electrons. The molecule has 6 heteroatoms. The van der Waals surface area contributed by atoms with E-state index >= 15 is 0 Å². The molecule has 0 bridgehead atoms. The van der Waals surface area contributed by atoms with Gasteiger partial charge in [0.25, 0.3) is 0 Å². The minimum Gasteiger partial charge on any atom is -0.322 e. The topological polar surface area (TPSA) is 61.0 Å². The maximum atomic E-state index is 12.2. The smallest absolute Gasteiger partial charge is 0.238 e. The molecule has 1 amide bonds. The average Bonchev–Trinajstić information content (AvgIpc) is 3.00. The number of anilines is 1. The van der Waals surface area contributed by atoms with Gasteiger partial charge in [-0.25, -0.2) is 0 Å². The van der Waals surface area contributed by atoms with E-state index in [0.29, 0.717) is 17.8 Å². The first-order valence-electron chi connectivity index (χ1n) is 7.07. The number of likely N-dealkylation sites (N-methyl/N-ethyl adjacent to an activating group) is 1. The number of carbonyl (C=O) groups is 1. The van der Waals surface area contributed by atoms with Crippen molar-refractivity contribution in [2.75, 3.05) is 25.2 Å². The molecule has 1 aromatic rings. The molecule has 1 aromatic heterocycles. The highest BCUT2D eigenvalue weighted by Crippen LogP contribution is 2.31. The third-order valence-corrected chi connectivity index (χ3v) is 5.23. The van der Waals surface area contributed by atoms with Crippen LogP contribution < -0.4 is 5.32 Å². The summed E-state index contributed by atoms with van der Waals surface area (Å²) < 4.78 is 0. The maximum absolute atomic E-state index is 12.2. The van der Waals surface area contributed by atoms with Gasteiger partial charge < -0.3 is 5.32 Å². The number of aromatic amines is 1. The summed E-state index contributed by atoms with van der Waals surface area (Å²) >= 11 is 1.92. The Labute approximate surface area is 124 Å². The summed E-state index contributed by atoms with van der Waals surface area (Å²) in [6, 6.07) is 0.516. The van der Waals surface area contributed by atoms with Crippen LogP contribution in [0.2, 0.25) is 0 Å². The quantitative estimate of drug-likeness (QED) is 0.874. The van der Waals surface area contributed by atoms with Crippen LogP contribution in [0.5, 0.6) is 0 Å². The van der Waals surface area contributed by atoms with Crippen LogP contribution in [0.25, 0.3) is 0 Å². The van der Waals surface area contributed by atoms with E-state index in [1.807, 2.05) is 32.7 Å². The van der Waals surface area contributed by atoms with E-state index in [4.69, 9.17) is 0 Å². The van der Waals surface area contributed by atoms with Gasteiger partial charge in [-0.05, 0) is 40.0 Å². The highest BCUT2D eigenvalue weighted by molar-refractivity contribution is 7.99. The summed E-state index contributed by atoms with van der Waals surface area (Å²) in [5.41, 5.74) is 2.55. The lowest BCUT2D eigenvalue weighted by atomic mass is 10.2. The fraction of sp³-hybridized carbons (Fsp3) is 0.714. The average molecular weight is 296 g/mol. The Bertz CT molecular complexity index is 454. The molecule has 0 aromatic carbocycles. The van der Waals surface area contributed by atoms with Gasteiger partial charge in [-0.2, -0.15) is 16.9 Å². The Morgan fingerprint density at radius 1 is 1.50 bits per heavy atom. The predicted octanol–water partition coefficient (Wildman–Crippen LogP) is 2.18. The van der Waals surface area contributed by atoms with E-state index in [1.165, 1.54) is 19.3 Å². The lowest BCUT2D eigenvalue weighted by Crippen LogP contribution is -2.41. The molecule has 0 saturated heterocycles. The van der Waals surface area contributed by atoms with E-state index in [1.54, 1.807) is 0 Å². The number of hydrogen-bond acceptors (Lipinski definition) is 4. The molecule has 5 nitrogen and oxygen atoms in total. The normalized spacial score (nSPS) is 22.4. The Hall–Kier alpha value is -1.01. The van der Waals surface area contributed by atoms with Crippen LogP contribution in [0, 0.1) is 13.8 Å². The van der Waals surface area contributed by atoms with Crippen LogP contribution >= 0.6 is 11.8 Å². The Morgan fingerprint density at radius 3 is 2.85 bits per heavy atom. The van der Waals surface area contributed by atoms with Gasteiger partial charge in [0, 0.05) is 11.3 Å². The summed E-state index contributed by atoms with van der Waals surface area (Å²) in [6.45, 7) is 4.25. The molecule has 20 heavy (non-hydrogen) atoms. The molecule has 0 unspecified atom stereocenters. The summed E-state index contributed by atoms with van der Waals surface area (Å²) in [5.74, 6) is 0.0341. The van der Waals surface area contributed by atoms with Crippen molar-refractivity contribution in [3.8, 4) is 0 Å². The maximum Gasteiger partial charge on any atom is 0.238 e. The number of amides is 1. The number of hydrogen-bond donors (Lipinski definition) is 2. The van der Waals surface area contributed by atoms with E-state index in [0.717, 1.165) is 17.1 Å². The number of rotatable bonds is 5. The molecule has 2 atom stereocenters. The zero-order chi connectivity index (χ0) is 14.7. The van der Waals surface area contributed by atoms with Crippen molar-refractivity contribution in [3.05, 3.63) is 11.4 Å². The van der Waals surface area contributed by atoms with E-state index in [-0.39, 0.29) is 5.91 Å². The van der Waals surface area contributed by atoms with Crippen molar-refractivity contribution in [1.29, 1.82) is 0 Å². The van der Waals surface area contributed by atoms with Crippen molar-refractivity contribution in [2.24, 2.45) is 0 Å². The van der Waals surface area contributed by atoms with Gasteiger partial charge in [0.05, 0.1) is 23.6 Å². The number of H-pyrrole nitrogens is 1. The van der Waals surface area contributed by atoms with Crippen LogP contribution in [-0.2, 0) is 4.79 Å². The molecule has 1 aliphatic carbocycles. The number of nitrogens with zero attached hydrogens (tertiary/aromatic N) is 2. The SMILES string of the molecule is CS[C@H]1CCC[C@@H]1N(C)CC(=O)Nc1c(C)n[nH]c1C. The first-order valence-corrected chi connectivity index (χ1v) is 8.36. The molecule has 2 rings (SSSR count). The minimum absolute atomic E-state index is 0.0341. The minimum atomic E-state index is 0.0341. The van der Waals surface area contributed by atoms with Gasteiger partial charge in [-0.1, -0.05) is 6.42 Å². The lowest BCUT2D eigenvalue weighted by Gasteiger charge is -2.28. The zero-order valence-electron chi connectivity index (χ0n) is 12.7. The van der Waals surface area contributed by atoms with Crippen LogP contribution in [0.3, 0.4) is 0 Å². The highest BCUT2D eigenvalue weighted by Gasteiger charge is 2.30. The Balaban J connectivity index is 1.91. The first kappa shape index (κ1) is 15.4. The largest absolute Gasteiger partial charge is 0.322 e. The molecule has 0 aliphatic heterocycles. The van der Waals surface area contributed by atoms with Crippen molar-refractivity contribution in [2.45, 2.75) is 44.4 Å². The Kier molecular flexibility index (Phi) is 5.10. The molecule has 0 spiro atoms. The van der Waals surface area contributed by atoms with Crippen molar-refractivity contribution in [1.82, 2.24) is 15.1 Å². The zero-order valence-corrected chi connectivity index (χ0v) is 13.5. The third kappa shape index (κ3) is 3.35. The fourth-order valence-corrected chi connectivity index (χ4v) is 4.00. The molecule has 112 valence electrons. The molecule has 1 aliphatic rings. The number of nitrogens with one attached hydrogen (secondary N) is 2. The van der Waals surface area contributed by atoms with Crippen LogP contribution in [0.4, 0.5) is 5.69 Å². The molecule has 1 fully saturated rings. The summed E-state index contributed by atoms with van der Waals surface area (Å²) in [6.07, 6.45) is 5.88. The number of aromatic nitrogens is 2. The van der Waals surface area contributed by atoms with Crippen LogP contribution in [0.1, 0.15) is 30.7 Å². The van der Waals surface area contributed by atoms with Crippen LogP contribution in [-0.4, -0.2) is 52.1 Å². The lowest BCUT2D eigenvalue weighted by molar-refractivity contribution is -0.117. The van der Waals surface area contributed by atoms with E-state index in [9.17, 15) is 4.79 Å². The van der Waals surface area contributed by atoms with Gasteiger partial charge >= 0.3 is 0 Å². The van der Waals surface area contributed by atoms with Crippen LogP contribution in [0.15, 0.2) is 0 Å². The van der Waals surface area contributed by atoms with Crippen molar-refractivity contribution in [3.63, 3.8) is 0 Å². The van der Waals surface area contributed by atoms with Gasteiger partial charge in [0.2, 0.25) is 5.91 Å². The summed E-state index contributed by atoms with van der Waals surface area (Å²) in [5, 5.41) is 10.6. The molecular formula is C14H24N4OS.